The van der Waals surface area contributed by atoms with Gasteiger partial charge in [-0.3, -0.25) is 0 Å². The van der Waals surface area contributed by atoms with Gasteiger partial charge in [0.25, 0.3) is 0 Å². The van der Waals surface area contributed by atoms with Crippen molar-refractivity contribution in [3.05, 3.63) is 119 Å². The molecule has 0 aliphatic carbocycles. The standard InChI is InChI=1S/C21H26O4.C19H22O3/c1-15(22)12-23-18-8-4-16(5-9-18)21(2,3)17-6-10-19(11-7-17)24-13-20-14-25-20;1-19(2,14-4-8-16(20-3)9-5-14)15-6-10-17(11-7-15)21-12-18-13-22-18/h4-11,15,20,22H,12-14H2,1-3H3;4-11,18H,12-13H2,1-3H3. The first kappa shape index (κ1) is 34.3. The zero-order chi connectivity index (χ0) is 33.4. The van der Waals surface area contributed by atoms with Crippen molar-refractivity contribution >= 4 is 0 Å². The van der Waals surface area contributed by atoms with Gasteiger partial charge in [0.15, 0.2) is 0 Å². The predicted octanol–water partition coefficient (Wildman–Crippen LogP) is 7.35. The minimum Gasteiger partial charge on any atom is -0.497 e. The average Bonchev–Trinajstić information content (AvgIpc) is 4.03. The van der Waals surface area contributed by atoms with E-state index in [1.807, 2.05) is 48.5 Å². The first-order valence-electron chi connectivity index (χ1n) is 16.3. The van der Waals surface area contributed by atoms with E-state index in [2.05, 4.69) is 76.2 Å². The first-order valence-corrected chi connectivity index (χ1v) is 16.3. The molecule has 2 heterocycles. The lowest BCUT2D eigenvalue weighted by Gasteiger charge is -2.26. The summed E-state index contributed by atoms with van der Waals surface area (Å²) >= 11 is 0. The maximum atomic E-state index is 9.30. The van der Waals surface area contributed by atoms with Gasteiger partial charge in [0, 0.05) is 10.8 Å². The number of ether oxygens (including phenoxy) is 6. The van der Waals surface area contributed by atoms with Gasteiger partial charge >= 0.3 is 0 Å². The number of aliphatic hydroxyl groups is 1. The maximum absolute atomic E-state index is 9.30. The van der Waals surface area contributed by atoms with Crippen molar-refractivity contribution < 1.29 is 33.5 Å². The second-order valence-electron chi connectivity index (χ2n) is 13.2. The van der Waals surface area contributed by atoms with Gasteiger partial charge in [0.2, 0.25) is 0 Å². The number of hydrogen-bond donors (Lipinski definition) is 1. The molecule has 250 valence electrons. The molecule has 4 aromatic carbocycles. The van der Waals surface area contributed by atoms with Gasteiger partial charge in [-0.2, -0.15) is 0 Å². The Balaban J connectivity index is 0.000000186. The first-order chi connectivity index (χ1) is 22.5. The van der Waals surface area contributed by atoms with Crippen molar-refractivity contribution in [2.75, 3.05) is 40.1 Å². The molecule has 4 aromatic rings. The van der Waals surface area contributed by atoms with E-state index in [0.29, 0.717) is 19.8 Å². The third kappa shape index (κ3) is 9.74. The van der Waals surface area contributed by atoms with Crippen LogP contribution in [0.3, 0.4) is 0 Å². The lowest BCUT2D eigenvalue weighted by Crippen LogP contribution is -2.19. The van der Waals surface area contributed by atoms with Gasteiger partial charge in [-0.1, -0.05) is 76.2 Å². The Morgan fingerprint density at radius 1 is 0.574 bits per heavy atom. The van der Waals surface area contributed by atoms with Crippen molar-refractivity contribution in [2.24, 2.45) is 0 Å². The molecule has 0 spiro atoms. The van der Waals surface area contributed by atoms with E-state index >= 15 is 0 Å². The van der Waals surface area contributed by atoms with E-state index in [0.717, 1.165) is 36.2 Å². The van der Waals surface area contributed by atoms with Crippen LogP contribution in [0, 0.1) is 0 Å². The molecule has 3 unspecified atom stereocenters. The Kier molecular flexibility index (Phi) is 11.1. The predicted molar refractivity (Wildman–Crippen MR) is 184 cm³/mol. The molecule has 0 aromatic heterocycles. The minimum absolute atomic E-state index is 0.0651. The monoisotopic (exact) mass is 640 g/mol. The number of benzene rings is 4. The fourth-order valence-electron chi connectivity index (χ4n) is 5.17. The van der Waals surface area contributed by atoms with E-state index in [1.54, 1.807) is 14.0 Å². The molecule has 47 heavy (non-hydrogen) atoms. The van der Waals surface area contributed by atoms with E-state index in [-0.39, 0.29) is 23.0 Å². The Hall–Kier alpha value is -4.04. The third-order valence-electron chi connectivity index (χ3n) is 8.71. The fraction of sp³-hybridized carbons (Fsp3) is 0.400. The summed E-state index contributed by atoms with van der Waals surface area (Å²) in [6.07, 6.45) is 0.0874. The van der Waals surface area contributed by atoms with Crippen LogP contribution in [0.4, 0.5) is 0 Å². The maximum Gasteiger partial charge on any atom is 0.119 e. The van der Waals surface area contributed by atoms with Crippen LogP contribution < -0.4 is 18.9 Å². The SMILES string of the molecule is CC(O)COc1ccc(C(C)(C)c2ccc(OCC3CO3)cc2)cc1.COc1ccc(C(C)(C)c2ccc(OCC3CO3)cc2)cc1. The van der Waals surface area contributed by atoms with E-state index < -0.39 is 6.10 Å². The highest BCUT2D eigenvalue weighted by Crippen LogP contribution is 2.35. The van der Waals surface area contributed by atoms with Crippen molar-refractivity contribution in [2.45, 2.75) is 63.8 Å². The summed E-state index contributed by atoms with van der Waals surface area (Å²) in [5.41, 5.74) is 4.75. The number of aliphatic hydroxyl groups excluding tert-OH is 1. The lowest BCUT2D eigenvalue weighted by molar-refractivity contribution is 0.122. The highest BCUT2D eigenvalue weighted by Gasteiger charge is 2.26. The molecule has 6 rings (SSSR count). The second-order valence-corrected chi connectivity index (χ2v) is 13.2. The molecule has 0 saturated carbocycles. The molecule has 1 N–H and O–H groups in total. The number of rotatable bonds is 14. The smallest absolute Gasteiger partial charge is 0.119 e. The Labute approximate surface area is 279 Å². The zero-order valence-electron chi connectivity index (χ0n) is 28.4. The summed E-state index contributed by atoms with van der Waals surface area (Å²) in [4.78, 5) is 0. The molecule has 7 nitrogen and oxygen atoms in total. The van der Waals surface area contributed by atoms with Crippen LogP contribution in [0.25, 0.3) is 0 Å². The topological polar surface area (TPSA) is 82.2 Å². The van der Waals surface area contributed by atoms with Crippen molar-refractivity contribution in [1.29, 1.82) is 0 Å². The van der Waals surface area contributed by atoms with Crippen LogP contribution in [0.1, 0.15) is 56.9 Å². The molecule has 0 radical (unpaired) electrons. The summed E-state index contributed by atoms with van der Waals surface area (Å²) in [5.74, 6) is 3.42. The summed E-state index contributed by atoms with van der Waals surface area (Å²) in [5, 5.41) is 9.30. The second kappa shape index (κ2) is 15.2. The van der Waals surface area contributed by atoms with Crippen LogP contribution in [-0.2, 0) is 20.3 Å². The molecule has 3 atom stereocenters. The minimum atomic E-state index is -0.469. The number of hydrogen-bond acceptors (Lipinski definition) is 7. The quantitative estimate of drug-likeness (QED) is 0.144. The summed E-state index contributed by atoms with van der Waals surface area (Å²) in [6.45, 7) is 13.8. The summed E-state index contributed by atoms with van der Waals surface area (Å²) in [6, 6.07) is 32.9. The van der Waals surface area contributed by atoms with E-state index in [4.69, 9.17) is 28.4 Å². The Bertz CT molecular complexity index is 1470. The van der Waals surface area contributed by atoms with E-state index in [9.17, 15) is 5.11 Å². The molecular formula is C40H48O7. The van der Waals surface area contributed by atoms with Crippen molar-refractivity contribution in [3.63, 3.8) is 0 Å². The van der Waals surface area contributed by atoms with Gasteiger partial charge in [-0.15, -0.1) is 0 Å². The Morgan fingerprint density at radius 2 is 0.872 bits per heavy atom. The van der Waals surface area contributed by atoms with Gasteiger partial charge in [0.1, 0.15) is 55.0 Å². The summed E-state index contributed by atoms with van der Waals surface area (Å²) in [7, 11) is 1.69. The molecule has 2 saturated heterocycles. The van der Waals surface area contributed by atoms with Crippen LogP contribution >= 0.6 is 0 Å². The van der Waals surface area contributed by atoms with Crippen molar-refractivity contribution in [1.82, 2.24) is 0 Å². The van der Waals surface area contributed by atoms with Gasteiger partial charge in [-0.05, 0) is 77.7 Å². The van der Waals surface area contributed by atoms with Gasteiger partial charge in [0.05, 0.1) is 26.4 Å². The highest BCUT2D eigenvalue weighted by molar-refractivity contribution is 5.43. The van der Waals surface area contributed by atoms with E-state index in [1.165, 1.54) is 22.3 Å². The average molecular weight is 641 g/mol. The van der Waals surface area contributed by atoms with Crippen molar-refractivity contribution in [3.8, 4) is 23.0 Å². The third-order valence-corrected chi connectivity index (χ3v) is 8.71. The van der Waals surface area contributed by atoms with Gasteiger partial charge < -0.3 is 33.5 Å². The molecule has 2 fully saturated rings. The number of epoxide rings is 2. The molecular weight excluding hydrogens is 592 g/mol. The largest absolute Gasteiger partial charge is 0.497 e. The van der Waals surface area contributed by atoms with Crippen LogP contribution in [-0.4, -0.2) is 63.6 Å². The van der Waals surface area contributed by atoms with Crippen LogP contribution in [0.15, 0.2) is 97.1 Å². The molecule has 0 amide bonds. The fourth-order valence-corrected chi connectivity index (χ4v) is 5.17. The lowest BCUT2D eigenvalue weighted by atomic mass is 9.78. The molecule has 0 bridgehead atoms. The highest BCUT2D eigenvalue weighted by atomic mass is 16.6. The Morgan fingerprint density at radius 3 is 1.15 bits per heavy atom. The zero-order valence-corrected chi connectivity index (χ0v) is 28.4. The number of methoxy groups -OCH3 is 1. The molecule has 7 heteroatoms. The van der Waals surface area contributed by atoms with Gasteiger partial charge in [-0.25, -0.2) is 0 Å². The molecule has 2 aliphatic heterocycles. The normalized spacial score (nSPS) is 17.5. The summed E-state index contributed by atoms with van der Waals surface area (Å²) < 4.78 is 32.5. The van der Waals surface area contributed by atoms with Crippen LogP contribution in [0.2, 0.25) is 0 Å². The van der Waals surface area contributed by atoms with Crippen LogP contribution in [0.5, 0.6) is 23.0 Å². The molecule has 2 aliphatic rings.